The molecule has 0 saturated heterocycles. The second-order valence-corrected chi connectivity index (χ2v) is 3.50. The summed E-state index contributed by atoms with van der Waals surface area (Å²) in [5, 5.41) is 17.9. The van der Waals surface area contributed by atoms with E-state index in [0.29, 0.717) is 6.04 Å². The van der Waals surface area contributed by atoms with Crippen molar-refractivity contribution in [2.45, 2.75) is 32.4 Å². The summed E-state index contributed by atoms with van der Waals surface area (Å²) in [6.07, 6.45) is 1.83. The van der Waals surface area contributed by atoms with E-state index in [2.05, 4.69) is 21.8 Å². The van der Waals surface area contributed by atoms with Crippen LogP contribution in [0, 0.1) is 0 Å². The first kappa shape index (κ1) is 10.6. The van der Waals surface area contributed by atoms with Gasteiger partial charge in [0, 0.05) is 24.6 Å². The second kappa shape index (κ2) is 6.01. The highest BCUT2D eigenvalue weighted by Crippen LogP contribution is 2.00. The summed E-state index contributed by atoms with van der Waals surface area (Å²) in [7, 11) is 0. The van der Waals surface area contributed by atoms with Crippen molar-refractivity contribution in [3.05, 3.63) is 11.1 Å². The van der Waals surface area contributed by atoms with Crippen molar-refractivity contribution < 1.29 is 5.11 Å². The summed E-state index contributed by atoms with van der Waals surface area (Å²) in [6, 6.07) is 0.381. The van der Waals surface area contributed by atoms with Gasteiger partial charge in [0.25, 0.3) is 0 Å². The Bertz CT molecular complexity index is 215. The molecule has 1 heterocycles. The number of aliphatic hydroxyl groups is 1. The fraction of sp³-hybridized carbons (Fsp3) is 0.750. The van der Waals surface area contributed by atoms with Gasteiger partial charge >= 0.3 is 0 Å². The lowest BCUT2D eigenvalue weighted by atomic mass is 10.1. The van der Waals surface area contributed by atoms with Gasteiger partial charge in [-0.2, -0.15) is 0 Å². The van der Waals surface area contributed by atoms with E-state index in [0.717, 1.165) is 25.1 Å². The highest BCUT2D eigenvalue weighted by Gasteiger charge is 2.05. The molecular weight excluding hydrogens is 186 g/mol. The Morgan fingerprint density at radius 1 is 1.69 bits per heavy atom. The summed E-state index contributed by atoms with van der Waals surface area (Å²) in [5.41, 5.74) is 0.974. The monoisotopic (exact) mass is 201 g/mol. The zero-order chi connectivity index (χ0) is 9.52. The van der Waals surface area contributed by atoms with Gasteiger partial charge in [0.1, 0.15) is 0 Å². The second-order valence-electron chi connectivity index (χ2n) is 2.89. The maximum Gasteiger partial charge on any atom is 0.0893 e. The lowest BCUT2D eigenvalue weighted by molar-refractivity contribution is 0.262. The van der Waals surface area contributed by atoms with Crippen LogP contribution in [-0.2, 0) is 6.54 Å². The normalized spacial score (nSPS) is 13.1. The van der Waals surface area contributed by atoms with Gasteiger partial charge in [0.2, 0.25) is 0 Å². The molecule has 0 aliphatic heterocycles. The number of nitrogens with zero attached hydrogens (tertiary/aromatic N) is 2. The minimum Gasteiger partial charge on any atom is -0.396 e. The molecule has 1 unspecified atom stereocenters. The van der Waals surface area contributed by atoms with Gasteiger partial charge in [-0.05, 0) is 24.4 Å². The quantitative estimate of drug-likeness (QED) is 0.714. The van der Waals surface area contributed by atoms with Crippen molar-refractivity contribution in [2.75, 3.05) is 6.61 Å². The minimum atomic E-state index is 0.237. The van der Waals surface area contributed by atoms with Crippen LogP contribution in [0.4, 0.5) is 0 Å². The van der Waals surface area contributed by atoms with Crippen LogP contribution in [0.2, 0.25) is 0 Å². The van der Waals surface area contributed by atoms with E-state index >= 15 is 0 Å². The molecule has 0 fully saturated rings. The molecular formula is C8H15N3OS. The third kappa shape index (κ3) is 3.80. The minimum absolute atomic E-state index is 0.237. The SMILES string of the molecule is CCC(CCO)NCc1csnn1. The number of nitrogens with one attached hydrogen (secondary N) is 1. The Kier molecular flexibility index (Phi) is 4.88. The predicted octanol–water partition coefficient (Wildman–Crippen LogP) is 0.789. The molecule has 0 aromatic carbocycles. The van der Waals surface area contributed by atoms with Crippen molar-refractivity contribution in [1.82, 2.24) is 14.9 Å². The molecule has 0 aliphatic carbocycles. The van der Waals surface area contributed by atoms with E-state index in [1.54, 1.807) is 0 Å². The molecule has 0 spiro atoms. The van der Waals surface area contributed by atoms with Crippen LogP contribution in [0.5, 0.6) is 0 Å². The van der Waals surface area contributed by atoms with Crippen molar-refractivity contribution in [3.8, 4) is 0 Å². The molecule has 1 aromatic rings. The summed E-state index contributed by atoms with van der Waals surface area (Å²) < 4.78 is 3.77. The fourth-order valence-electron chi connectivity index (χ4n) is 1.12. The summed E-state index contributed by atoms with van der Waals surface area (Å²) in [4.78, 5) is 0. The Morgan fingerprint density at radius 3 is 3.08 bits per heavy atom. The van der Waals surface area contributed by atoms with Gasteiger partial charge in [0.15, 0.2) is 0 Å². The third-order valence-corrected chi connectivity index (χ3v) is 2.50. The molecule has 0 aliphatic rings. The van der Waals surface area contributed by atoms with E-state index in [-0.39, 0.29) is 6.61 Å². The van der Waals surface area contributed by atoms with Crippen LogP contribution in [0.3, 0.4) is 0 Å². The molecule has 0 radical (unpaired) electrons. The lowest BCUT2D eigenvalue weighted by Crippen LogP contribution is -2.28. The predicted molar refractivity (Wildman–Crippen MR) is 52.5 cm³/mol. The maximum atomic E-state index is 8.76. The molecule has 2 N–H and O–H groups in total. The molecule has 0 amide bonds. The van der Waals surface area contributed by atoms with Gasteiger partial charge in [-0.15, -0.1) is 5.10 Å². The van der Waals surface area contributed by atoms with E-state index in [1.165, 1.54) is 11.5 Å². The van der Waals surface area contributed by atoms with Crippen LogP contribution in [0.1, 0.15) is 25.5 Å². The number of hydrogen-bond acceptors (Lipinski definition) is 5. The molecule has 13 heavy (non-hydrogen) atoms. The average molecular weight is 201 g/mol. The number of rotatable bonds is 6. The summed E-state index contributed by atoms with van der Waals surface area (Å²) in [6.45, 7) is 3.09. The highest BCUT2D eigenvalue weighted by molar-refractivity contribution is 7.03. The lowest BCUT2D eigenvalue weighted by Gasteiger charge is -2.13. The Labute approximate surface area is 82.2 Å². The smallest absolute Gasteiger partial charge is 0.0893 e. The molecule has 4 nitrogen and oxygen atoms in total. The number of hydrogen-bond donors (Lipinski definition) is 2. The van der Waals surface area contributed by atoms with Gasteiger partial charge in [0.05, 0.1) is 5.69 Å². The molecule has 0 saturated carbocycles. The largest absolute Gasteiger partial charge is 0.396 e. The van der Waals surface area contributed by atoms with Gasteiger partial charge < -0.3 is 10.4 Å². The number of aliphatic hydroxyl groups excluding tert-OH is 1. The molecule has 1 atom stereocenters. The van der Waals surface area contributed by atoms with Crippen molar-refractivity contribution in [1.29, 1.82) is 0 Å². The van der Waals surface area contributed by atoms with E-state index < -0.39 is 0 Å². The van der Waals surface area contributed by atoms with Gasteiger partial charge in [-0.1, -0.05) is 11.4 Å². The molecule has 1 rings (SSSR count). The Balaban J connectivity index is 2.23. The first-order valence-electron chi connectivity index (χ1n) is 4.47. The highest BCUT2D eigenvalue weighted by atomic mass is 32.1. The molecule has 1 aromatic heterocycles. The van der Waals surface area contributed by atoms with Gasteiger partial charge in [-0.3, -0.25) is 0 Å². The zero-order valence-corrected chi connectivity index (χ0v) is 8.55. The van der Waals surface area contributed by atoms with E-state index in [9.17, 15) is 0 Å². The fourth-order valence-corrected chi connectivity index (χ4v) is 1.57. The van der Waals surface area contributed by atoms with Crippen molar-refractivity contribution >= 4 is 11.5 Å². The summed E-state index contributed by atoms with van der Waals surface area (Å²) >= 11 is 1.36. The van der Waals surface area contributed by atoms with Crippen molar-refractivity contribution in [3.63, 3.8) is 0 Å². The molecule has 74 valence electrons. The number of aromatic nitrogens is 2. The van der Waals surface area contributed by atoms with Crippen LogP contribution in [-0.4, -0.2) is 27.3 Å². The Hall–Kier alpha value is -0.520. The maximum absolute atomic E-state index is 8.76. The Morgan fingerprint density at radius 2 is 2.54 bits per heavy atom. The zero-order valence-electron chi connectivity index (χ0n) is 7.73. The van der Waals surface area contributed by atoms with Gasteiger partial charge in [-0.25, -0.2) is 0 Å². The van der Waals surface area contributed by atoms with Crippen LogP contribution >= 0.6 is 11.5 Å². The first-order chi connectivity index (χ1) is 6.36. The van der Waals surface area contributed by atoms with E-state index in [1.807, 2.05) is 5.38 Å². The first-order valence-corrected chi connectivity index (χ1v) is 5.30. The average Bonchev–Trinajstić information content (AvgIpc) is 2.64. The van der Waals surface area contributed by atoms with Crippen molar-refractivity contribution in [2.24, 2.45) is 0 Å². The van der Waals surface area contributed by atoms with Crippen LogP contribution in [0.15, 0.2) is 5.38 Å². The topological polar surface area (TPSA) is 58.0 Å². The van der Waals surface area contributed by atoms with Crippen LogP contribution < -0.4 is 5.32 Å². The molecule has 5 heteroatoms. The molecule has 0 bridgehead atoms. The third-order valence-electron chi connectivity index (χ3n) is 1.95. The standard InChI is InChI=1S/C8H15N3OS/c1-2-7(3-4-12)9-5-8-6-13-11-10-8/h6-7,9,12H,2-5H2,1H3. The van der Waals surface area contributed by atoms with Crippen LogP contribution in [0.25, 0.3) is 0 Å². The van der Waals surface area contributed by atoms with E-state index in [4.69, 9.17) is 5.11 Å². The summed E-state index contributed by atoms with van der Waals surface area (Å²) in [5.74, 6) is 0.